The van der Waals surface area contributed by atoms with E-state index < -0.39 is 17.6 Å². The van der Waals surface area contributed by atoms with Gasteiger partial charge in [-0.1, -0.05) is 24.3 Å². The summed E-state index contributed by atoms with van der Waals surface area (Å²) in [5, 5.41) is 16.7. The molecule has 0 saturated carbocycles. The highest BCUT2D eigenvalue weighted by atomic mass is 19.4. The summed E-state index contributed by atoms with van der Waals surface area (Å²) >= 11 is 0. The lowest BCUT2D eigenvalue weighted by Crippen LogP contribution is -2.44. The average Bonchev–Trinajstić information content (AvgIpc) is 3.55. The lowest BCUT2D eigenvalue weighted by molar-refractivity contribution is -0.247. The van der Waals surface area contributed by atoms with E-state index in [0.717, 1.165) is 39.1 Å². The Hall–Kier alpha value is -3.73. The Kier molecular flexibility index (Phi) is 7.09. The zero-order valence-corrected chi connectivity index (χ0v) is 22.7. The fraction of sp³-hybridized carbons (Fsp3) is 0.323. The Labute approximate surface area is 235 Å². The fourth-order valence-corrected chi connectivity index (χ4v) is 5.77. The van der Waals surface area contributed by atoms with Crippen LogP contribution in [0.1, 0.15) is 17.5 Å². The second kappa shape index (κ2) is 10.6. The highest BCUT2D eigenvalue weighted by Crippen LogP contribution is 2.47. The number of rotatable bonds is 7. The second-order valence-electron chi connectivity index (χ2n) is 10.8. The van der Waals surface area contributed by atoms with Crippen LogP contribution in [0.4, 0.5) is 17.6 Å². The van der Waals surface area contributed by atoms with Gasteiger partial charge in [0.05, 0.1) is 17.4 Å². The molecule has 0 bridgehead atoms. The van der Waals surface area contributed by atoms with Crippen LogP contribution in [-0.2, 0) is 12.1 Å². The zero-order valence-electron chi connectivity index (χ0n) is 22.7. The van der Waals surface area contributed by atoms with Gasteiger partial charge in [-0.15, -0.1) is 0 Å². The molecule has 3 heterocycles. The van der Waals surface area contributed by atoms with Gasteiger partial charge in [0.25, 0.3) is 0 Å². The van der Waals surface area contributed by atoms with E-state index in [-0.39, 0.29) is 11.1 Å². The first-order valence-corrected chi connectivity index (χ1v) is 13.7. The third-order valence-electron chi connectivity index (χ3n) is 8.11. The molecule has 1 aliphatic heterocycles. The van der Waals surface area contributed by atoms with Crippen LogP contribution < -0.4 is 0 Å². The molecular weight excluding hydrogens is 534 g/mol. The van der Waals surface area contributed by atoms with Gasteiger partial charge in [-0.3, -0.25) is 0 Å². The van der Waals surface area contributed by atoms with Crippen LogP contribution in [0.2, 0.25) is 0 Å². The first-order valence-electron chi connectivity index (χ1n) is 13.7. The van der Waals surface area contributed by atoms with Crippen LogP contribution in [-0.4, -0.2) is 75.2 Å². The number of fused-ring (bicyclic) bond motifs is 2. The van der Waals surface area contributed by atoms with Crippen LogP contribution in [0.15, 0.2) is 79.1 Å². The van der Waals surface area contributed by atoms with E-state index in [0.29, 0.717) is 34.0 Å². The van der Waals surface area contributed by atoms with E-state index in [4.69, 9.17) is 0 Å². The third kappa shape index (κ3) is 5.00. The minimum Gasteiger partial charge on any atom is -0.372 e. The van der Waals surface area contributed by atoms with Crippen molar-refractivity contribution in [3.8, 4) is 5.69 Å². The van der Waals surface area contributed by atoms with E-state index in [1.165, 1.54) is 47.4 Å². The van der Waals surface area contributed by atoms with Crippen molar-refractivity contribution in [2.75, 3.05) is 39.8 Å². The first-order chi connectivity index (χ1) is 19.6. The van der Waals surface area contributed by atoms with Gasteiger partial charge in [-0.05, 0) is 68.0 Å². The van der Waals surface area contributed by atoms with Crippen LogP contribution in [0.5, 0.6) is 0 Å². The van der Waals surface area contributed by atoms with Crippen molar-refractivity contribution in [3.05, 3.63) is 96.1 Å². The quantitative estimate of drug-likeness (QED) is 0.263. The fourth-order valence-electron chi connectivity index (χ4n) is 5.77. The summed E-state index contributed by atoms with van der Waals surface area (Å²) in [7, 11) is 2.10. The number of aliphatic hydroxyl groups is 1. The Morgan fingerprint density at radius 2 is 1.61 bits per heavy atom. The number of nitrogens with zero attached hydrogens (tertiary/aromatic N) is 5. The van der Waals surface area contributed by atoms with Gasteiger partial charge in [0.15, 0.2) is 0 Å². The first kappa shape index (κ1) is 27.4. The molecule has 0 amide bonds. The van der Waals surface area contributed by atoms with Gasteiger partial charge in [-0.25, -0.2) is 9.07 Å². The van der Waals surface area contributed by atoms with E-state index in [2.05, 4.69) is 21.9 Å². The highest BCUT2D eigenvalue weighted by Gasteiger charge is 2.57. The number of likely N-dealkylation sites (N-methyl/N-ethyl adjacent to an activating group) is 1. The number of para-hydroxylation sites is 1. The molecule has 1 aliphatic rings. The molecule has 2 aromatic heterocycles. The normalized spacial score (nSPS) is 16.9. The number of benzene rings is 3. The zero-order chi connectivity index (χ0) is 28.8. The lowest BCUT2D eigenvalue weighted by Gasteiger charge is -2.32. The molecule has 0 spiro atoms. The largest absolute Gasteiger partial charge is 0.425 e. The number of aryl methyl sites for hydroxylation is 1. The SMILES string of the molecule is CN1CCN(CCCn2cc(C(O)(c3ccc4c(cnn4-c4ccc(F)cc4)c3)C(F)(F)F)c3ccccc32)CC1. The molecular formula is C31H31F4N5O. The smallest absolute Gasteiger partial charge is 0.372 e. The van der Waals surface area contributed by atoms with Gasteiger partial charge in [-0.2, -0.15) is 18.3 Å². The molecule has 3 aromatic carbocycles. The molecule has 214 valence electrons. The van der Waals surface area contributed by atoms with E-state index in [1.54, 1.807) is 36.4 Å². The second-order valence-corrected chi connectivity index (χ2v) is 10.8. The van der Waals surface area contributed by atoms with Gasteiger partial charge >= 0.3 is 6.18 Å². The summed E-state index contributed by atoms with van der Waals surface area (Å²) in [5.41, 5.74) is -1.99. The number of aromatic nitrogens is 3. The summed E-state index contributed by atoms with van der Waals surface area (Å²) in [4.78, 5) is 4.66. The number of alkyl halides is 3. The van der Waals surface area contributed by atoms with Crippen molar-refractivity contribution in [1.82, 2.24) is 24.1 Å². The Morgan fingerprint density at radius 3 is 2.34 bits per heavy atom. The molecule has 1 saturated heterocycles. The summed E-state index contributed by atoms with van der Waals surface area (Å²) in [6.45, 7) is 5.34. The number of hydrogen-bond donors (Lipinski definition) is 1. The highest BCUT2D eigenvalue weighted by molar-refractivity contribution is 5.87. The van der Waals surface area contributed by atoms with E-state index >= 15 is 0 Å². The van der Waals surface area contributed by atoms with Crippen molar-refractivity contribution in [1.29, 1.82) is 0 Å². The molecule has 6 nitrogen and oxygen atoms in total. The van der Waals surface area contributed by atoms with Crippen molar-refractivity contribution in [2.45, 2.75) is 24.7 Å². The average molecular weight is 566 g/mol. The molecule has 1 unspecified atom stereocenters. The van der Waals surface area contributed by atoms with Crippen molar-refractivity contribution in [2.24, 2.45) is 0 Å². The molecule has 0 aliphatic carbocycles. The summed E-state index contributed by atoms with van der Waals surface area (Å²) in [5.74, 6) is -0.402. The number of halogens is 4. The van der Waals surface area contributed by atoms with E-state index in [1.807, 2.05) is 4.57 Å². The van der Waals surface area contributed by atoms with Gasteiger partial charge < -0.3 is 19.5 Å². The Morgan fingerprint density at radius 1 is 0.878 bits per heavy atom. The maximum Gasteiger partial charge on any atom is 0.425 e. The molecule has 0 radical (unpaired) electrons. The number of hydrogen-bond acceptors (Lipinski definition) is 4. The maximum atomic E-state index is 14.9. The Bertz CT molecular complexity index is 1670. The minimum absolute atomic E-state index is 0.203. The van der Waals surface area contributed by atoms with Crippen molar-refractivity contribution in [3.63, 3.8) is 0 Å². The molecule has 6 rings (SSSR count). The molecule has 1 fully saturated rings. The van der Waals surface area contributed by atoms with Crippen LogP contribution in [0.3, 0.4) is 0 Å². The standard InChI is InChI=1S/C31H31F4N5O/c1-37-15-17-38(18-16-37)13-4-14-39-21-27(26-5-2-3-6-29(26)39)30(41,31(33,34)35)23-7-12-28-22(19-23)20-36-40(28)25-10-8-24(32)9-11-25/h2-3,5-12,19-21,41H,4,13-18H2,1H3. The van der Waals surface area contributed by atoms with Gasteiger partial charge in [0, 0.05) is 60.8 Å². The maximum absolute atomic E-state index is 14.9. The van der Waals surface area contributed by atoms with Gasteiger partial charge in [0.2, 0.25) is 5.60 Å². The summed E-state index contributed by atoms with van der Waals surface area (Å²) < 4.78 is 61.5. The monoisotopic (exact) mass is 565 g/mol. The van der Waals surface area contributed by atoms with Crippen LogP contribution in [0.25, 0.3) is 27.5 Å². The van der Waals surface area contributed by atoms with Crippen molar-refractivity contribution < 1.29 is 22.7 Å². The molecule has 1 atom stereocenters. The van der Waals surface area contributed by atoms with Crippen molar-refractivity contribution >= 4 is 21.8 Å². The summed E-state index contributed by atoms with van der Waals surface area (Å²) in [6, 6.07) is 16.7. The Balaban J connectivity index is 1.36. The van der Waals surface area contributed by atoms with Crippen LogP contribution in [0, 0.1) is 5.82 Å². The number of piperazine rings is 1. The lowest BCUT2D eigenvalue weighted by atomic mass is 9.85. The van der Waals surface area contributed by atoms with Gasteiger partial charge in [0.1, 0.15) is 5.82 Å². The predicted octanol–water partition coefficient (Wildman–Crippen LogP) is 5.56. The third-order valence-corrected chi connectivity index (χ3v) is 8.11. The molecule has 10 heteroatoms. The summed E-state index contributed by atoms with van der Waals surface area (Å²) in [6.07, 6.45) is -1.32. The predicted molar refractivity (Wildman–Crippen MR) is 151 cm³/mol. The molecule has 41 heavy (non-hydrogen) atoms. The minimum atomic E-state index is -5.00. The van der Waals surface area contributed by atoms with Crippen LogP contribution >= 0.6 is 0 Å². The molecule has 5 aromatic rings. The molecule has 1 N–H and O–H groups in total. The van der Waals surface area contributed by atoms with E-state index in [9.17, 15) is 22.7 Å². The topological polar surface area (TPSA) is 49.5 Å².